The third-order valence-corrected chi connectivity index (χ3v) is 2.53. The van der Waals surface area contributed by atoms with Crippen LogP contribution in [0.25, 0.3) is 0 Å². The number of hydrogen-bond donors (Lipinski definition) is 1. The van der Waals surface area contributed by atoms with Crippen molar-refractivity contribution in [2.24, 2.45) is 0 Å². The Hall–Kier alpha value is -1.39. The van der Waals surface area contributed by atoms with Gasteiger partial charge in [-0.3, -0.25) is 0 Å². The Labute approximate surface area is 90.7 Å². The third kappa shape index (κ3) is 1.70. The molecule has 0 spiro atoms. The fourth-order valence-electron chi connectivity index (χ4n) is 1.91. The van der Waals surface area contributed by atoms with Crippen molar-refractivity contribution in [2.45, 2.75) is 32.0 Å². The summed E-state index contributed by atoms with van der Waals surface area (Å²) >= 11 is 0. The molecular weight excluding hydrogens is 221 g/mol. The van der Waals surface area contributed by atoms with Crippen LogP contribution in [0.4, 0.5) is 13.2 Å². The molecule has 0 fully saturated rings. The Morgan fingerprint density at radius 2 is 1.94 bits per heavy atom. The Bertz CT molecular complexity index is 436. The predicted molar refractivity (Wildman–Crippen MR) is 51.5 cm³/mol. The van der Waals surface area contributed by atoms with Crippen molar-refractivity contribution in [3.63, 3.8) is 0 Å². The zero-order valence-corrected chi connectivity index (χ0v) is 8.85. The molecule has 0 unspecified atom stereocenters. The number of hydrogen-bond acceptors (Lipinski definition) is 2. The minimum atomic E-state index is -4.42. The summed E-state index contributed by atoms with van der Waals surface area (Å²) in [5, 5.41) is 9.46. The number of alkyl halides is 3. The molecule has 1 N–H and O–H groups in total. The first-order valence-electron chi connectivity index (χ1n) is 4.82. The first-order valence-corrected chi connectivity index (χ1v) is 4.82. The lowest BCUT2D eigenvalue weighted by molar-refractivity contribution is -0.138. The topological polar surface area (TPSA) is 29.5 Å². The van der Waals surface area contributed by atoms with Gasteiger partial charge in [-0.1, -0.05) is 0 Å². The molecule has 0 aromatic heterocycles. The molecule has 1 aliphatic heterocycles. The molecule has 1 heterocycles. The van der Waals surface area contributed by atoms with Gasteiger partial charge >= 0.3 is 6.18 Å². The maximum atomic E-state index is 12.7. The Kier molecular flexibility index (Phi) is 2.12. The quantitative estimate of drug-likeness (QED) is 0.744. The van der Waals surface area contributed by atoms with Crippen LogP contribution >= 0.6 is 0 Å². The van der Waals surface area contributed by atoms with E-state index in [-0.39, 0.29) is 23.5 Å². The van der Waals surface area contributed by atoms with E-state index in [0.717, 1.165) is 12.1 Å². The summed E-state index contributed by atoms with van der Waals surface area (Å²) in [6.45, 7) is 3.37. The molecule has 0 saturated carbocycles. The molecule has 2 rings (SSSR count). The average Bonchev–Trinajstić information content (AvgIpc) is 2.39. The van der Waals surface area contributed by atoms with Gasteiger partial charge in [-0.2, -0.15) is 13.2 Å². The van der Waals surface area contributed by atoms with Gasteiger partial charge in [0.2, 0.25) is 0 Å². The predicted octanol–water partition coefficient (Wildman–Crippen LogP) is 3.12. The van der Waals surface area contributed by atoms with Crippen LogP contribution in [0.1, 0.15) is 25.0 Å². The van der Waals surface area contributed by atoms with Gasteiger partial charge in [-0.15, -0.1) is 0 Å². The molecular formula is C11H11F3O2. The van der Waals surface area contributed by atoms with Crippen LogP contribution in [0.3, 0.4) is 0 Å². The molecule has 5 heteroatoms. The highest BCUT2D eigenvalue weighted by atomic mass is 19.4. The number of phenols is 1. The van der Waals surface area contributed by atoms with Gasteiger partial charge in [-0.25, -0.2) is 0 Å². The van der Waals surface area contributed by atoms with Gasteiger partial charge in [0.15, 0.2) is 11.5 Å². The fraction of sp³-hybridized carbons (Fsp3) is 0.455. The Morgan fingerprint density at radius 3 is 2.50 bits per heavy atom. The summed E-state index contributed by atoms with van der Waals surface area (Å²) in [5.41, 5.74) is -1.40. The van der Waals surface area contributed by atoms with E-state index in [2.05, 4.69) is 0 Å². The molecule has 16 heavy (non-hydrogen) atoms. The molecule has 0 saturated heterocycles. The number of ether oxygens (including phenoxy) is 1. The fourth-order valence-corrected chi connectivity index (χ4v) is 1.91. The number of fused-ring (bicyclic) bond motifs is 1. The number of rotatable bonds is 0. The second kappa shape index (κ2) is 3.06. The normalized spacial score (nSPS) is 18.1. The van der Waals surface area contributed by atoms with Crippen LogP contribution in [-0.4, -0.2) is 10.7 Å². The van der Waals surface area contributed by atoms with Crippen molar-refractivity contribution in [3.8, 4) is 11.5 Å². The zero-order valence-electron chi connectivity index (χ0n) is 8.85. The molecule has 1 aromatic rings. The van der Waals surface area contributed by atoms with Crippen molar-refractivity contribution in [2.75, 3.05) is 0 Å². The minimum absolute atomic E-state index is 0.0394. The molecule has 1 aromatic carbocycles. The zero-order chi connectivity index (χ0) is 12.1. The van der Waals surface area contributed by atoms with Crippen LogP contribution < -0.4 is 4.74 Å². The molecule has 2 nitrogen and oxygen atoms in total. The largest absolute Gasteiger partial charge is 0.504 e. The van der Waals surface area contributed by atoms with Crippen LogP contribution in [0.5, 0.6) is 11.5 Å². The van der Waals surface area contributed by atoms with E-state index in [4.69, 9.17) is 4.74 Å². The van der Waals surface area contributed by atoms with Gasteiger partial charge in [0.05, 0.1) is 5.56 Å². The maximum Gasteiger partial charge on any atom is 0.416 e. The molecule has 0 atom stereocenters. The minimum Gasteiger partial charge on any atom is -0.504 e. The van der Waals surface area contributed by atoms with Crippen molar-refractivity contribution in [3.05, 3.63) is 23.3 Å². The van der Waals surface area contributed by atoms with E-state index in [1.807, 2.05) is 0 Å². The van der Waals surface area contributed by atoms with Crippen molar-refractivity contribution in [1.29, 1.82) is 0 Å². The van der Waals surface area contributed by atoms with E-state index in [1.165, 1.54) is 0 Å². The standard InChI is InChI=1S/C11H11F3O2/c1-10(2)5-6-7(11(12,13)14)3-4-8(15)9(6)16-10/h3-4,15H,5H2,1-2H3. The maximum absolute atomic E-state index is 12.7. The number of phenolic OH excluding ortho intramolecular Hbond substituents is 1. The second-order valence-electron chi connectivity index (χ2n) is 4.48. The van der Waals surface area contributed by atoms with Crippen LogP contribution in [0.2, 0.25) is 0 Å². The van der Waals surface area contributed by atoms with E-state index in [0.29, 0.717) is 0 Å². The summed E-state index contributed by atoms with van der Waals surface area (Å²) in [6, 6.07) is 1.90. The van der Waals surface area contributed by atoms with E-state index >= 15 is 0 Å². The van der Waals surface area contributed by atoms with Gasteiger partial charge in [0.25, 0.3) is 0 Å². The molecule has 0 radical (unpaired) electrons. The van der Waals surface area contributed by atoms with Crippen molar-refractivity contribution < 1.29 is 23.0 Å². The lowest BCUT2D eigenvalue weighted by Crippen LogP contribution is -2.25. The first-order chi connectivity index (χ1) is 7.21. The molecule has 1 aliphatic rings. The summed E-state index contributed by atoms with van der Waals surface area (Å²) < 4.78 is 43.4. The van der Waals surface area contributed by atoms with Crippen LogP contribution in [0, 0.1) is 0 Å². The summed E-state index contributed by atoms with van der Waals surface area (Å²) in [4.78, 5) is 0. The lowest BCUT2D eigenvalue weighted by atomic mass is 9.97. The highest BCUT2D eigenvalue weighted by molar-refractivity contribution is 5.54. The SMILES string of the molecule is CC1(C)Cc2c(C(F)(F)F)ccc(O)c2O1. The Morgan fingerprint density at radius 1 is 1.31 bits per heavy atom. The highest BCUT2D eigenvalue weighted by Gasteiger charge is 2.41. The number of benzene rings is 1. The summed E-state index contributed by atoms with van der Waals surface area (Å²) in [5.74, 6) is -0.284. The summed E-state index contributed by atoms with van der Waals surface area (Å²) in [7, 11) is 0. The van der Waals surface area contributed by atoms with E-state index in [9.17, 15) is 18.3 Å². The van der Waals surface area contributed by atoms with E-state index in [1.54, 1.807) is 13.8 Å². The van der Waals surface area contributed by atoms with E-state index < -0.39 is 17.3 Å². The number of halogens is 3. The van der Waals surface area contributed by atoms with Crippen molar-refractivity contribution in [1.82, 2.24) is 0 Å². The third-order valence-electron chi connectivity index (χ3n) is 2.53. The first kappa shape index (κ1) is 11.1. The van der Waals surface area contributed by atoms with Crippen LogP contribution in [-0.2, 0) is 12.6 Å². The Balaban J connectivity index is 2.59. The smallest absolute Gasteiger partial charge is 0.416 e. The van der Waals surface area contributed by atoms with Gasteiger partial charge in [0.1, 0.15) is 5.60 Å². The monoisotopic (exact) mass is 232 g/mol. The number of aromatic hydroxyl groups is 1. The van der Waals surface area contributed by atoms with Gasteiger partial charge in [0, 0.05) is 12.0 Å². The summed E-state index contributed by atoms with van der Waals surface area (Å²) in [6.07, 6.45) is -4.27. The van der Waals surface area contributed by atoms with Crippen LogP contribution in [0.15, 0.2) is 12.1 Å². The average molecular weight is 232 g/mol. The van der Waals surface area contributed by atoms with Gasteiger partial charge in [-0.05, 0) is 26.0 Å². The molecule has 88 valence electrons. The molecule has 0 aliphatic carbocycles. The molecule has 0 amide bonds. The highest BCUT2D eigenvalue weighted by Crippen LogP contribution is 2.47. The second-order valence-corrected chi connectivity index (χ2v) is 4.48. The van der Waals surface area contributed by atoms with Gasteiger partial charge < -0.3 is 9.84 Å². The molecule has 0 bridgehead atoms. The van der Waals surface area contributed by atoms with Crippen molar-refractivity contribution >= 4 is 0 Å². The lowest BCUT2D eigenvalue weighted by Gasteiger charge is -2.16.